The van der Waals surface area contributed by atoms with Crippen molar-refractivity contribution in [3.63, 3.8) is 0 Å². The van der Waals surface area contributed by atoms with E-state index in [2.05, 4.69) is 4.98 Å². The Morgan fingerprint density at radius 2 is 1.77 bits per heavy atom. The number of likely N-dealkylation sites (N-methyl/N-ethyl adjacent to an activating group) is 1. The van der Waals surface area contributed by atoms with Crippen molar-refractivity contribution in [2.45, 2.75) is 6.54 Å². The fourth-order valence-corrected chi connectivity index (χ4v) is 3.30. The summed E-state index contributed by atoms with van der Waals surface area (Å²) >= 11 is 0. The van der Waals surface area contributed by atoms with Gasteiger partial charge in [0, 0.05) is 10.9 Å². The molecule has 0 fully saturated rings. The van der Waals surface area contributed by atoms with E-state index in [-0.39, 0.29) is 5.78 Å². The Morgan fingerprint density at radius 1 is 1.00 bits per heavy atom. The van der Waals surface area contributed by atoms with Crippen molar-refractivity contribution in [2.24, 2.45) is 0 Å². The summed E-state index contributed by atoms with van der Waals surface area (Å²) in [5.74, 6) is 0.942. The van der Waals surface area contributed by atoms with Crippen LogP contribution in [0.3, 0.4) is 0 Å². The summed E-state index contributed by atoms with van der Waals surface area (Å²) in [5.41, 5.74) is 3.62. The first-order chi connectivity index (χ1) is 12.7. The van der Waals surface area contributed by atoms with Crippen LogP contribution in [0.15, 0.2) is 77.4 Å². The molecule has 0 aliphatic rings. The fraction of sp³-hybridized carbons (Fsp3) is 0.136. The number of rotatable bonds is 6. The highest BCUT2D eigenvalue weighted by atomic mass is 16.3. The number of para-hydroxylation sites is 1. The van der Waals surface area contributed by atoms with Crippen LogP contribution in [-0.4, -0.2) is 29.3 Å². The number of aromatic amines is 1. The zero-order valence-electron chi connectivity index (χ0n) is 14.6. The molecule has 4 aromatic rings. The van der Waals surface area contributed by atoms with Crippen LogP contribution in [0.25, 0.3) is 22.2 Å². The summed E-state index contributed by atoms with van der Waals surface area (Å²) in [6.45, 7) is 0.921. The molecule has 0 aliphatic heterocycles. The zero-order valence-corrected chi connectivity index (χ0v) is 14.6. The number of H-pyrrole nitrogens is 1. The number of benzene rings is 2. The lowest BCUT2D eigenvalue weighted by Gasteiger charge is -2.14. The van der Waals surface area contributed by atoms with E-state index in [0.29, 0.717) is 13.1 Å². The zero-order chi connectivity index (χ0) is 17.9. The van der Waals surface area contributed by atoms with Crippen molar-refractivity contribution in [1.82, 2.24) is 9.88 Å². The third-order valence-electron chi connectivity index (χ3n) is 4.47. The molecule has 0 saturated carbocycles. The van der Waals surface area contributed by atoms with Gasteiger partial charge in [-0.1, -0.05) is 48.5 Å². The lowest BCUT2D eigenvalue weighted by atomic mass is 10.0. The second kappa shape index (κ2) is 7.02. The Labute approximate surface area is 152 Å². The van der Waals surface area contributed by atoms with Gasteiger partial charge in [-0.3, -0.25) is 9.69 Å². The second-order valence-electron chi connectivity index (χ2n) is 6.46. The number of nitrogens with one attached hydrogen (secondary N) is 1. The molecule has 26 heavy (non-hydrogen) atoms. The second-order valence-corrected chi connectivity index (χ2v) is 6.46. The number of furan rings is 1. The van der Waals surface area contributed by atoms with E-state index in [1.54, 1.807) is 6.26 Å². The molecule has 0 atom stereocenters. The Morgan fingerprint density at radius 3 is 2.54 bits per heavy atom. The highest BCUT2D eigenvalue weighted by Crippen LogP contribution is 2.30. The van der Waals surface area contributed by atoms with Crippen LogP contribution in [-0.2, 0) is 6.54 Å². The molecule has 0 radical (unpaired) electrons. The predicted molar refractivity (Wildman–Crippen MR) is 103 cm³/mol. The summed E-state index contributed by atoms with van der Waals surface area (Å²) < 4.78 is 5.38. The van der Waals surface area contributed by atoms with Crippen molar-refractivity contribution in [1.29, 1.82) is 0 Å². The minimum Gasteiger partial charge on any atom is -0.468 e. The molecule has 0 unspecified atom stereocenters. The molecule has 4 rings (SSSR count). The van der Waals surface area contributed by atoms with Gasteiger partial charge in [0.15, 0.2) is 5.78 Å². The van der Waals surface area contributed by atoms with E-state index in [0.717, 1.165) is 33.5 Å². The highest BCUT2D eigenvalue weighted by molar-refractivity contribution is 6.14. The van der Waals surface area contributed by atoms with Gasteiger partial charge in [0.05, 0.1) is 30.6 Å². The first-order valence-corrected chi connectivity index (χ1v) is 8.62. The summed E-state index contributed by atoms with van der Waals surface area (Å²) in [7, 11) is 1.93. The molecule has 0 saturated heterocycles. The Hall–Kier alpha value is -3.11. The first-order valence-electron chi connectivity index (χ1n) is 8.62. The number of carbonyl (C=O) groups excluding carboxylic acids is 1. The van der Waals surface area contributed by atoms with Gasteiger partial charge in [0.2, 0.25) is 0 Å². The number of hydrogen-bond acceptors (Lipinski definition) is 3. The largest absolute Gasteiger partial charge is 0.468 e. The maximum absolute atomic E-state index is 13.2. The summed E-state index contributed by atoms with van der Waals surface area (Å²) in [6, 6.07) is 21.7. The molecule has 2 aromatic heterocycles. The molecule has 0 aliphatic carbocycles. The van der Waals surface area contributed by atoms with Gasteiger partial charge in [0.1, 0.15) is 5.76 Å². The van der Waals surface area contributed by atoms with Crippen molar-refractivity contribution in [3.8, 4) is 11.3 Å². The monoisotopic (exact) mass is 344 g/mol. The number of hydrogen-bond donors (Lipinski definition) is 1. The maximum Gasteiger partial charge on any atom is 0.179 e. The third-order valence-corrected chi connectivity index (χ3v) is 4.47. The van der Waals surface area contributed by atoms with Crippen LogP contribution in [0.4, 0.5) is 0 Å². The quantitative estimate of drug-likeness (QED) is 0.514. The van der Waals surface area contributed by atoms with Crippen LogP contribution in [0.1, 0.15) is 16.1 Å². The van der Waals surface area contributed by atoms with Gasteiger partial charge in [-0.25, -0.2) is 0 Å². The van der Waals surface area contributed by atoms with E-state index in [9.17, 15) is 4.79 Å². The van der Waals surface area contributed by atoms with Crippen molar-refractivity contribution in [2.75, 3.05) is 13.6 Å². The normalized spacial score (nSPS) is 11.3. The SMILES string of the molecule is CN(CC(=O)c1c(-c2ccccc2)[nH]c2ccccc12)Cc1ccco1. The van der Waals surface area contributed by atoms with Crippen LogP contribution in [0, 0.1) is 0 Å². The number of Topliss-reactive ketones (excluding diaryl/α,β-unsaturated/α-hetero) is 1. The predicted octanol–water partition coefficient (Wildman–Crippen LogP) is 4.74. The minimum absolute atomic E-state index is 0.0929. The fourth-order valence-electron chi connectivity index (χ4n) is 3.30. The molecule has 0 bridgehead atoms. The van der Waals surface area contributed by atoms with Crippen LogP contribution >= 0.6 is 0 Å². The standard InChI is InChI=1S/C22H20N2O2/c1-24(14-17-10-7-13-26-17)15-20(25)21-18-11-5-6-12-19(18)23-22(21)16-8-3-2-4-9-16/h2-13,23H,14-15H2,1H3. The molecule has 130 valence electrons. The average molecular weight is 344 g/mol. The van der Waals surface area contributed by atoms with Crippen molar-refractivity contribution < 1.29 is 9.21 Å². The third kappa shape index (κ3) is 3.19. The summed E-state index contributed by atoms with van der Waals surface area (Å²) in [5, 5.41) is 0.961. The van der Waals surface area contributed by atoms with Crippen LogP contribution < -0.4 is 0 Å². The molecule has 0 spiro atoms. The Bertz CT molecular complexity index is 1020. The lowest BCUT2D eigenvalue weighted by Crippen LogP contribution is -2.25. The molecular formula is C22H20N2O2. The first kappa shape index (κ1) is 16.4. The van der Waals surface area contributed by atoms with Crippen LogP contribution in [0.2, 0.25) is 0 Å². The van der Waals surface area contributed by atoms with Crippen molar-refractivity contribution in [3.05, 3.63) is 84.3 Å². The summed E-state index contributed by atoms with van der Waals surface area (Å²) in [6.07, 6.45) is 1.65. The number of carbonyl (C=O) groups is 1. The van der Waals surface area contributed by atoms with Gasteiger partial charge >= 0.3 is 0 Å². The van der Waals surface area contributed by atoms with Gasteiger partial charge < -0.3 is 9.40 Å². The van der Waals surface area contributed by atoms with Crippen molar-refractivity contribution >= 4 is 16.7 Å². The molecule has 4 nitrogen and oxygen atoms in total. The minimum atomic E-state index is 0.0929. The van der Waals surface area contributed by atoms with Gasteiger partial charge in [-0.05, 0) is 30.8 Å². The van der Waals surface area contributed by atoms with Gasteiger partial charge in [0.25, 0.3) is 0 Å². The summed E-state index contributed by atoms with van der Waals surface area (Å²) in [4.78, 5) is 18.6. The van der Waals surface area contributed by atoms with E-state index in [1.165, 1.54) is 0 Å². The smallest absolute Gasteiger partial charge is 0.179 e. The van der Waals surface area contributed by atoms with Gasteiger partial charge in [-0.15, -0.1) is 0 Å². The molecule has 0 amide bonds. The number of nitrogens with zero attached hydrogens (tertiary/aromatic N) is 1. The Kier molecular flexibility index (Phi) is 4.42. The topological polar surface area (TPSA) is 49.2 Å². The number of fused-ring (bicyclic) bond motifs is 1. The van der Waals surface area contributed by atoms with E-state index in [4.69, 9.17) is 4.42 Å². The van der Waals surface area contributed by atoms with E-state index >= 15 is 0 Å². The van der Waals surface area contributed by atoms with E-state index in [1.807, 2.05) is 78.7 Å². The average Bonchev–Trinajstić information content (AvgIpc) is 3.29. The molecule has 2 aromatic carbocycles. The Balaban J connectivity index is 1.69. The number of ketones is 1. The lowest BCUT2D eigenvalue weighted by molar-refractivity contribution is 0.0942. The van der Waals surface area contributed by atoms with Crippen LogP contribution in [0.5, 0.6) is 0 Å². The number of aromatic nitrogens is 1. The molecular weight excluding hydrogens is 324 g/mol. The molecule has 2 heterocycles. The molecule has 1 N–H and O–H groups in total. The molecule has 4 heteroatoms. The maximum atomic E-state index is 13.2. The van der Waals surface area contributed by atoms with E-state index < -0.39 is 0 Å². The highest BCUT2D eigenvalue weighted by Gasteiger charge is 2.20. The van der Waals surface area contributed by atoms with Gasteiger partial charge in [-0.2, -0.15) is 0 Å².